The summed E-state index contributed by atoms with van der Waals surface area (Å²) >= 11 is 5.35. The number of esters is 1. The van der Waals surface area contributed by atoms with E-state index >= 15 is 0 Å². The largest absolute Gasteiger partial charge is 0.477 e. The van der Waals surface area contributed by atoms with Crippen molar-refractivity contribution >= 4 is 52.1 Å². The number of carbonyl (C=O) groups excluding carboxylic acids is 1. The summed E-state index contributed by atoms with van der Waals surface area (Å²) in [4.78, 5) is 50.6. The number of nitrogen functional groups attached to an aromatic ring is 2. The summed E-state index contributed by atoms with van der Waals surface area (Å²) < 4.78 is 19.2. The number of carboxylic acids is 1. The minimum atomic E-state index is -1.27. The number of carbonyl (C=O) groups is 2. The van der Waals surface area contributed by atoms with Crippen molar-refractivity contribution in [2.75, 3.05) is 23.9 Å². The zero-order valence-electron chi connectivity index (χ0n) is 17.8. The number of rotatable bonds is 6. The highest BCUT2D eigenvalue weighted by molar-refractivity contribution is 6.13. The Hall–Kier alpha value is -4.56. The van der Waals surface area contributed by atoms with Crippen LogP contribution >= 0.6 is 11.8 Å². The molecule has 13 nitrogen and oxygen atoms in total. The minimum absolute atomic E-state index is 0.0494. The molecule has 4 rings (SSSR count). The monoisotopic (exact) mass is 505 g/mol. The lowest BCUT2D eigenvalue weighted by molar-refractivity contribution is 0.0590. The van der Waals surface area contributed by atoms with E-state index in [4.69, 9.17) is 28.4 Å². The molecule has 0 saturated carbocycles. The van der Waals surface area contributed by atoms with Crippen LogP contribution in [0.5, 0.6) is 0 Å². The molecule has 0 unspecified atom stereocenters. The van der Waals surface area contributed by atoms with Gasteiger partial charge in [-0.1, -0.05) is 6.07 Å². The summed E-state index contributed by atoms with van der Waals surface area (Å²) in [5, 5.41) is 15.2. The highest BCUT2D eigenvalue weighted by Crippen LogP contribution is 2.22. The molecule has 0 aliphatic rings. The van der Waals surface area contributed by atoms with Crippen LogP contribution in [0.4, 0.5) is 27.1 Å². The zero-order chi connectivity index (χ0) is 25.9. The zero-order valence-corrected chi connectivity index (χ0v) is 18.6. The molecule has 0 aliphatic carbocycles. The molecule has 7 N–H and O–H groups in total. The number of halogens is 2. The molecule has 0 aliphatic heterocycles. The number of carboxylic acid groups (broad SMARTS) is 1. The van der Waals surface area contributed by atoms with Gasteiger partial charge in [0.25, 0.3) is 10.9 Å². The third kappa shape index (κ3) is 5.02. The SMILES string of the molecule is COC(=O)c1cc(C(=O)O)nc2c(N)cnn12.Nc1c(Nc2cc(CNCl)ccc2F)c(=O)c1=O. The molecule has 2 heterocycles. The van der Waals surface area contributed by atoms with Crippen molar-refractivity contribution in [2.24, 2.45) is 0 Å². The van der Waals surface area contributed by atoms with Crippen molar-refractivity contribution in [3.8, 4) is 0 Å². The number of nitrogens with zero attached hydrogens (tertiary/aromatic N) is 3. The normalized spacial score (nSPS) is 10.6. The van der Waals surface area contributed by atoms with Gasteiger partial charge in [-0.05, 0) is 29.5 Å². The number of aromatic carboxylic acids is 1. The summed E-state index contributed by atoms with van der Waals surface area (Å²) in [5.41, 5.74) is 9.87. The number of benzene rings is 1. The van der Waals surface area contributed by atoms with Crippen molar-refractivity contribution < 1.29 is 23.8 Å². The average molecular weight is 506 g/mol. The highest BCUT2D eigenvalue weighted by atomic mass is 35.5. The Labute approximate surface area is 199 Å². The van der Waals surface area contributed by atoms with Gasteiger partial charge >= 0.3 is 11.9 Å². The Morgan fingerprint density at radius 2 is 1.94 bits per heavy atom. The van der Waals surface area contributed by atoms with Gasteiger partial charge in [0, 0.05) is 12.6 Å². The van der Waals surface area contributed by atoms with Gasteiger partial charge in [-0.15, -0.1) is 0 Å². The molecule has 0 fully saturated rings. The maximum atomic E-state index is 13.5. The molecule has 0 saturated heterocycles. The summed E-state index contributed by atoms with van der Waals surface area (Å²) in [6.07, 6.45) is 1.28. The van der Waals surface area contributed by atoms with Gasteiger partial charge in [0.2, 0.25) is 0 Å². The van der Waals surface area contributed by atoms with Crippen molar-refractivity contribution in [2.45, 2.75) is 6.54 Å². The second-order valence-corrected chi connectivity index (χ2v) is 7.12. The number of hydrogen-bond acceptors (Lipinski definition) is 11. The van der Waals surface area contributed by atoms with Gasteiger partial charge in [-0.2, -0.15) is 5.10 Å². The van der Waals surface area contributed by atoms with Gasteiger partial charge < -0.3 is 26.6 Å². The number of aromatic nitrogens is 3. The molecule has 182 valence electrons. The topological polar surface area (TPSA) is 204 Å². The second-order valence-electron chi connectivity index (χ2n) is 6.86. The van der Waals surface area contributed by atoms with E-state index in [1.165, 1.54) is 25.4 Å². The third-order valence-electron chi connectivity index (χ3n) is 4.62. The van der Waals surface area contributed by atoms with E-state index < -0.39 is 28.6 Å². The molecular weight excluding hydrogens is 489 g/mol. The fourth-order valence-electron chi connectivity index (χ4n) is 2.86. The molecule has 2 aromatic heterocycles. The number of methoxy groups -OCH3 is 1. The first kappa shape index (κ1) is 25.1. The van der Waals surface area contributed by atoms with E-state index in [2.05, 4.69) is 25.0 Å². The van der Waals surface area contributed by atoms with Crippen LogP contribution in [-0.2, 0) is 11.3 Å². The third-order valence-corrected chi connectivity index (χ3v) is 4.76. The van der Waals surface area contributed by atoms with Crippen molar-refractivity contribution in [3.63, 3.8) is 0 Å². The Balaban J connectivity index is 0.000000196. The lowest BCUT2D eigenvalue weighted by Gasteiger charge is -2.11. The molecule has 0 bridgehead atoms. The first-order valence-corrected chi connectivity index (χ1v) is 9.90. The highest BCUT2D eigenvalue weighted by Gasteiger charge is 2.20. The molecule has 35 heavy (non-hydrogen) atoms. The van der Waals surface area contributed by atoms with Crippen LogP contribution in [0.15, 0.2) is 40.1 Å². The number of anilines is 4. The smallest absolute Gasteiger partial charge is 0.356 e. The predicted octanol–water partition coefficient (Wildman–Crippen LogP) is 0.787. The summed E-state index contributed by atoms with van der Waals surface area (Å²) in [6, 6.07) is 5.32. The van der Waals surface area contributed by atoms with Gasteiger partial charge in [0.1, 0.15) is 17.2 Å². The lowest BCUT2D eigenvalue weighted by Crippen LogP contribution is -2.36. The average Bonchev–Trinajstić information content (AvgIpc) is 3.23. The van der Waals surface area contributed by atoms with E-state index in [9.17, 15) is 23.6 Å². The van der Waals surface area contributed by atoms with Crippen LogP contribution in [0.1, 0.15) is 26.5 Å². The lowest BCUT2D eigenvalue weighted by atomic mass is 10.1. The second kappa shape index (κ2) is 10.1. The molecule has 0 spiro atoms. The number of fused-ring (bicyclic) bond motifs is 1. The Morgan fingerprint density at radius 1 is 1.23 bits per heavy atom. The molecule has 0 amide bonds. The van der Waals surface area contributed by atoms with Crippen LogP contribution in [0.25, 0.3) is 5.65 Å². The maximum Gasteiger partial charge on any atom is 0.356 e. The van der Waals surface area contributed by atoms with Crippen LogP contribution in [0, 0.1) is 5.82 Å². The molecule has 4 aromatic rings. The molecule has 15 heteroatoms. The number of hydrogen-bond donors (Lipinski definition) is 5. The van der Waals surface area contributed by atoms with Gasteiger partial charge in [0.05, 0.1) is 24.7 Å². The quantitative estimate of drug-likeness (QED) is 0.140. The summed E-state index contributed by atoms with van der Waals surface area (Å²) in [7, 11) is 1.18. The molecule has 0 atom stereocenters. The Kier molecular flexibility index (Phi) is 7.27. The molecular formula is C20H17ClFN7O6. The molecule has 2 aromatic carbocycles. The number of ether oxygens (including phenoxy) is 1. The van der Waals surface area contributed by atoms with Crippen molar-refractivity contribution in [1.29, 1.82) is 0 Å². The fraction of sp³-hybridized carbons (Fsp3) is 0.100. The van der Waals surface area contributed by atoms with Crippen LogP contribution in [0.3, 0.4) is 0 Å². The summed E-state index contributed by atoms with van der Waals surface area (Å²) in [5.74, 6) is -2.54. The maximum absolute atomic E-state index is 13.5. The van der Waals surface area contributed by atoms with Crippen molar-refractivity contribution in [1.82, 2.24) is 19.4 Å². The first-order chi connectivity index (χ1) is 16.6. The Bertz CT molecular complexity index is 1510. The predicted molar refractivity (Wildman–Crippen MR) is 124 cm³/mol. The Morgan fingerprint density at radius 3 is 2.54 bits per heavy atom. The summed E-state index contributed by atoms with van der Waals surface area (Å²) in [6.45, 7) is 0.331. The minimum Gasteiger partial charge on any atom is -0.477 e. The van der Waals surface area contributed by atoms with E-state index in [1.807, 2.05) is 0 Å². The number of nitrogens with two attached hydrogens (primary N) is 2. The van der Waals surface area contributed by atoms with Crippen LogP contribution in [0.2, 0.25) is 0 Å². The molecule has 0 radical (unpaired) electrons. The van der Waals surface area contributed by atoms with E-state index in [0.29, 0.717) is 12.1 Å². The van der Waals surface area contributed by atoms with Gasteiger partial charge in [-0.25, -0.2) is 28.3 Å². The standard InChI is InChI=1S/C11H9ClFN3O2.C9H8N4O4/c12-15-4-5-1-2-6(13)7(3-5)16-9-8(14)10(17)11(9)18;1-17-9(16)6-2-5(8(14)15)12-7-4(10)3-11-13(6)7/h1-3,15-16H,4,14H2;2-3H,10H2,1H3,(H,14,15). The van der Waals surface area contributed by atoms with Gasteiger partial charge in [0.15, 0.2) is 17.0 Å². The fourth-order valence-corrected chi connectivity index (χ4v) is 3.02. The van der Waals surface area contributed by atoms with E-state index in [0.717, 1.165) is 10.6 Å². The first-order valence-electron chi connectivity index (χ1n) is 9.52. The van der Waals surface area contributed by atoms with Crippen LogP contribution in [-0.4, -0.2) is 38.8 Å². The van der Waals surface area contributed by atoms with E-state index in [1.54, 1.807) is 6.07 Å². The van der Waals surface area contributed by atoms with Crippen LogP contribution < -0.4 is 32.5 Å². The number of nitrogens with one attached hydrogen (secondary N) is 2. The van der Waals surface area contributed by atoms with Crippen molar-refractivity contribution in [3.05, 3.63) is 73.7 Å². The van der Waals surface area contributed by atoms with E-state index in [-0.39, 0.29) is 39.8 Å². The van der Waals surface area contributed by atoms with Gasteiger partial charge in [-0.3, -0.25) is 9.59 Å².